The van der Waals surface area contributed by atoms with E-state index in [1.807, 2.05) is 0 Å². The summed E-state index contributed by atoms with van der Waals surface area (Å²) in [5, 5.41) is 7.11. The fourth-order valence-electron chi connectivity index (χ4n) is 4.74. The molecular weight excluding hydrogens is 546 g/mol. The summed E-state index contributed by atoms with van der Waals surface area (Å²) in [5.41, 5.74) is 3.95. The van der Waals surface area contributed by atoms with Gasteiger partial charge in [0.05, 0.1) is 0 Å². The van der Waals surface area contributed by atoms with Gasteiger partial charge in [-0.3, -0.25) is 0 Å². The minimum Gasteiger partial charge on any atom is -1.00 e. The second-order valence-electron chi connectivity index (χ2n) is 10.2. The van der Waals surface area contributed by atoms with E-state index in [-0.39, 0.29) is 54.5 Å². The molecular formula is C33H37Cl2PTi. The molecule has 4 heteroatoms. The first-order valence-corrected chi connectivity index (χ1v) is 14.2. The Hall–Kier alpha value is -1.40. The van der Waals surface area contributed by atoms with Crippen molar-refractivity contribution in [1.82, 2.24) is 0 Å². The van der Waals surface area contributed by atoms with Crippen molar-refractivity contribution >= 4 is 34.8 Å². The predicted molar refractivity (Wildman–Crippen MR) is 155 cm³/mol. The zero-order valence-corrected chi connectivity index (χ0v) is 26.5. The summed E-state index contributed by atoms with van der Waals surface area (Å²) in [7, 11) is 0.0185. The summed E-state index contributed by atoms with van der Waals surface area (Å²) in [6.07, 6.45) is 2.73. The fraction of sp³-hybridized carbons (Fsp3) is 0.273. The van der Waals surface area contributed by atoms with Gasteiger partial charge in [-0.05, 0) is 29.7 Å². The monoisotopic (exact) mass is 582 g/mol. The van der Waals surface area contributed by atoms with Gasteiger partial charge in [0.2, 0.25) is 0 Å². The zero-order valence-electron chi connectivity index (χ0n) is 22.5. The van der Waals surface area contributed by atoms with Crippen LogP contribution in [0.2, 0.25) is 0 Å². The third-order valence-electron chi connectivity index (χ3n) is 6.12. The van der Waals surface area contributed by atoms with Gasteiger partial charge in [0.25, 0.3) is 0 Å². The van der Waals surface area contributed by atoms with Gasteiger partial charge in [-0.25, -0.2) is 0 Å². The van der Waals surface area contributed by atoms with Crippen LogP contribution in [0.4, 0.5) is 0 Å². The molecule has 5 aromatic rings. The molecule has 0 spiro atoms. The Bertz CT molecular complexity index is 1290. The molecule has 5 rings (SSSR count). The normalized spacial score (nSPS) is 10.6. The molecule has 0 heterocycles. The van der Waals surface area contributed by atoms with Crippen molar-refractivity contribution < 1.29 is 46.5 Å². The van der Waals surface area contributed by atoms with E-state index in [0.717, 1.165) is 11.8 Å². The van der Waals surface area contributed by atoms with E-state index in [1.165, 1.54) is 50.6 Å². The summed E-state index contributed by atoms with van der Waals surface area (Å²) in [4.78, 5) is 0. The van der Waals surface area contributed by atoms with E-state index in [1.54, 1.807) is 5.30 Å². The molecule has 5 aromatic carbocycles. The molecule has 0 aromatic heterocycles. The van der Waals surface area contributed by atoms with Crippen LogP contribution in [0, 0.1) is 18.8 Å². The summed E-state index contributed by atoms with van der Waals surface area (Å²) >= 11 is 0. The number of benzene rings is 3. The Morgan fingerprint density at radius 3 is 1.89 bits per heavy atom. The second kappa shape index (κ2) is 15.9. The molecule has 0 amide bonds. The molecule has 0 radical (unpaired) electrons. The van der Waals surface area contributed by atoms with E-state index in [2.05, 4.69) is 132 Å². The van der Waals surface area contributed by atoms with E-state index >= 15 is 0 Å². The van der Waals surface area contributed by atoms with E-state index in [9.17, 15) is 0 Å². The first-order valence-electron chi connectivity index (χ1n) is 12.5. The SMILES string of the molecule is CC(C)CP(CC(C)C)c1cc2ccccc2[cH-]1.Cc1cc2c(-c3ccccc3)cccc2[cH-]1.[Cl-].[Cl-].[Ti+4]. The van der Waals surface area contributed by atoms with Crippen LogP contribution in [-0.4, -0.2) is 12.3 Å². The van der Waals surface area contributed by atoms with Crippen LogP contribution < -0.4 is 30.1 Å². The van der Waals surface area contributed by atoms with Crippen molar-refractivity contribution in [2.45, 2.75) is 34.6 Å². The second-order valence-corrected chi connectivity index (χ2v) is 12.6. The maximum Gasteiger partial charge on any atom is 4.00 e. The van der Waals surface area contributed by atoms with E-state index in [4.69, 9.17) is 0 Å². The number of fused-ring (bicyclic) bond motifs is 2. The van der Waals surface area contributed by atoms with Crippen LogP contribution in [0.5, 0.6) is 0 Å². The first kappa shape index (κ1) is 33.6. The van der Waals surface area contributed by atoms with Crippen LogP contribution in [0.15, 0.2) is 97.1 Å². The summed E-state index contributed by atoms with van der Waals surface area (Å²) < 4.78 is 0. The van der Waals surface area contributed by atoms with E-state index in [0.29, 0.717) is 0 Å². The predicted octanol–water partition coefficient (Wildman–Crippen LogP) is 3.52. The standard InChI is InChI=1S/C17H24P.C16H13.2ClH.Ti/c1-13(2)11-18(12-14(3)4)17-9-15-7-5-6-8-16(15)10-17;1-12-10-14-8-5-9-15(16(14)11-12)13-6-3-2-4-7-13;;;/h5-10,13-14H,11-12H2,1-4H3;2-11H,1H3;2*1H;/q2*-1;;;+4/p-2. The van der Waals surface area contributed by atoms with Crippen molar-refractivity contribution in [3.63, 3.8) is 0 Å². The molecule has 0 unspecified atom stereocenters. The molecule has 0 bridgehead atoms. The Labute approximate surface area is 252 Å². The number of aryl methyl sites for hydroxylation is 1. The van der Waals surface area contributed by atoms with Crippen LogP contribution in [0.1, 0.15) is 33.3 Å². The van der Waals surface area contributed by atoms with Gasteiger partial charge in [-0.15, -0.1) is 74.9 Å². The van der Waals surface area contributed by atoms with Gasteiger partial charge in [0, 0.05) is 0 Å². The fourth-order valence-corrected chi connectivity index (χ4v) is 7.71. The average Bonchev–Trinajstić information content (AvgIpc) is 3.41. The molecule has 192 valence electrons. The maximum absolute atomic E-state index is 2.42. The zero-order chi connectivity index (χ0) is 24.1. The third-order valence-corrected chi connectivity index (χ3v) is 9.45. The summed E-state index contributed by atoms with van der Waals surface area (Å²) in [6.45, 7) is 11.5. The number of rotatable bonds is 6. The molecule has 0 nitrogen and oxygen atoms in total. The Morgan fingerprint density at radius 1 is 0.676 bits per heavy atom. The van der Waals surface area contributed by atoms with E-state index < -0.39 is 0 Å². The average molecular weight is 583 g/mol. The van der Waals surface area contributed by atoms with Crippen LogP contribution in [-0.2, 0) is 21.7 Å². The Kier molecular flexibility index (Phi) is 14.4. The summed E-state index contributed by atoms with van der Waals surface area (Å²) in [5.74, 6) is 1.60. The Balaban J connectivity index is 0.000000344. The van der Waals surface area contributed by atoms with Crippen molar-refractivity contribution in [1.29, 1.82) is 0 Å². The number of hydrogen-bond acceptors (Lipinski definition) is 0. The summed E-state index contributed by atoms with van der Waals surface area (Å²) in [6, 6.07) is 35.1. The van der Waals surface area contributed by atoms with Gasteiger partial charge in [-0.1, -0.05) is 90.6 Å². The smallest absolute Gasteiger partial charge is 1.00 e. The molecule has 0 aliphatic heterocycles. The molecule has 0 aliphatic rings. The largest absolute Gasteiger partial charge is 4.00 e. The molecule has 0 aliphatic carbocycles. The first-order chi connectivity index (χ1) is 16.4. The molecule has 0 saturated carbocycles. The minimum absolute atomic E-state index is 0. The molecule has 37 heavy (non-hydrogen) atoms. The van der Waals surface area contributed by atoms with Crippen molar-refractivity contribution in [2.75, 3.05) is 12.3 Å². The van der Waals surface area contributed by atoms with Crippen LogP contribution >= 0.6 is 7.92 Å². The van der Waals surface area contributed by atoms with Crippen LogP contribution in [0.25, 0.3) is 32.7 Å². The molecule has 0 saturated heterocycles. The topological polar surface area (TPSA) is 0 Å². The maximum atomic E-state index is 2.42. The quantitative estimate of drug-likeness (QED) is 0.163. The van der Waals surface area contributed by atoms with Crippen molar-refractivity contribution in [3.05, 3.63) is 103 Å². The molecule has 0 fully saturated rings. The minimum atomic E-state index is 0. The molecule has 0 atom stereocenters. The van der Waals surface area contributed by atoms with Crippen LogP contribution in [0.3, 0.4) is 0 Å². The third kappa shape index (κ3) is 9.09. The van der Waals surface area contributed by atoms with Gasteiger partial charge in [-0.2, -0.15) is 12.1 Å². The Morgan fingerprint density at radius 2 is 1.27 bits per heavy atom. The van der Waals surface area contributed by atoms with Crippen molar-refractivity contribution in [3.8, 4) is 11.1 Å². The molecule has 0 N–H and O–H groups in total. The van der Waals surface area contributed by atoms with Gasteiger partial charge < -0.3 is 24.8 Å². The van der Waals surface area contributed by atoms with Crippen molar-refractivity contribution in [2.24, 2.45) is 11.8 Å². The number of halogens is 2. The number of hydrogen-bond donors (Lipinski definition) is 0. The van der Waals surface area contributed by atoms with Gasteiger partial charge in [0.1, 0.15) is 0 Å². The van der Waals surface area contributed by atoms with Gasteiger partial charge >= 0.3 is 21.7 Å². The van der Waals surface area contributed by atoms with Gasteiger partial charge in [0.15, 0.2) is 0 Å².